The summed E-state index contributed by atoms with van der Waals surface area (Å²) in [6, 6.07) is 9.49. The molecule has 3 aromatic rings. The van der Waals surface area contributed by atoms with Gasteiger partial charge in [0.05, 0.1) is 17.6 Å². The minimum Gasteiger partial charge on any atom is -0.506 e. The lowest BCUT2D eigenvalue weighted by molar-refractivity contribution is 0.0240. The molecule has 0 radical (unpaired) electrons. The molecule has 1 aliphatic rings. The second kappa shape index (κ2) is 9.01. The quantitative estimate of drug-likeness (QED) is 0.641. The van der Waals surface area contributed by atoms with Gasteiger partial charge in [0.1, 0.15) is 17.2 Å². The first-order chi connectivity index (χ1) is 15.7. The first-order valence-electron chi connectivity index (χ1n) is 10.7. The van der Waals surface area contributed by atoms with Crippen molar-refractivity contribution in [3.8, 4) is 28.3 Å². The lowest BCUT2D eigenvalue weighted by Crippen LogP contribution is -2.50. The van der Waals surface area contributed by atoms with Gasteiger partial charge in [-0.15, -0.1) is 0 Å². The van der Waals surface area contributed by atoms with Crippen molar-refractivity contribution in [2.24, 2.45) is 0 Å². The van der Waals surface area contributed by atoms with Crippen LogP contribution in [0.5, 0.6) is 5.75 Å². The molecule has 1 aliphatic heterocycles. The molecular weight excluding hydrogens is 425 g/mol. The molecule has 4 rings (SSSR count). The van der Waals surface area contributed by atoms with Crippen LogP contribution in [0.2, 0.25) is 0 Å². The third-order valence-electron chi connectivity index (χ3n) is 5.14. The van der Waals surface area contributed by atoms with Crippen molar-refractivity contribution >= 4 is 12.0 Å². The zero-order valence-electron chi connectivity index (χ0n) is 18.8. The van der Waals surface area contributed by atoms with Crippen molar-refractivity contribution in [2.75, 3.05) is 31.1 Å². The van der Waals surface area contributed by atoms with E-state index < -0.39 is 5.60 Å². The topological polar surface area (TPSA) is 91.7 Å². The van der Waals surface area contributed by atoms with Crippen LogP contribution in [0, 0.1) is 5.82 Å². The average Bonchev–Trinajstić information content (AvgIpc) is 2.78. The van der Waals surface area contributed by atoms with E-state index in [2.05, 4.69) is 15.0 Å². The zero-order chi connectivity index (χ0) is 23.6. The van der Waals surface area contributed by atoms with E-state index in [4.69, 9.17) is 4.74 Å². The highest BCUT2D eigenvalue weighted by Crippen LogP contribution is 2.31. The summed E-state index contributed by atoms with van der Waals surface area (Å²) in [5, 5.41) is 10.4. The van der Waals surface area contributed by atoms with Crippen molar-refractivity contribution in [1.82, 2.24) is 19.9 Å². The van der Waals surface area contributed by atoms with Crippen LogP contribution >= 0.6 is 0 Å². The number of nitrogens with zero attached hydrogens (tertiary/aromatic N) is 5. The molecule has 0 saturated carbocycles. The highest BCUT2D eigenvalue weighted by Gasteiger charge is 2.27. The fourth-order valence-corrected chi connectivity index (χ4v) is 3.53. The molecule has 1 fully saturated rings. The molecule has 1 saturated heterocycles. The van der Waals surface area contributed by atoms with Gasteiger partial charge in [-0.2, -0.15) is 0 Å². The maximum Gasteiger partial charge on any atom is 0.410 e. The highest BCUT2D eigenvalue weighted by molar-refractivity contribution is 5.73. The molecule has 1 amide bonds. The smallest absolute Gasteiger partial charge is 0.410 e. The third kappa shape index (κ3) is 5.36. The largest absolute Gasteiger partial charge is 0.506 e. The van der Waals surface area contributed by atoms with Crippen LogP contribution in [0.15, 0.2) is 48.8 Å². The van der Waals surface area contributed by atoms with Gasteiger partial charge in [0, 0.05) is 43.5 Å². The normalized spacial score (nSPS) is 14.3. The molecule has 172 valence electrons. The van der Waals surface area contributed by atoms with Gasteiger partial charge in [-0.25, -0.2) is 19.2 Å². The number of aromatic hydroxyl groups is 1. The molecule has 9 heteroatoms. The van der Waals surface area contributed by atoms with Crippen LogP contribution in [0.3, 0.4) is 0 Å². The molecule has 8 nitrogen and oxygen atoms in total. The molecule has 0 unspecified atom stereocenters. The summed E-state index contributed by atoms with van der Waals surface area (Å²) >= 11 is 0. The molecule has 0 spiro atoms. The second-order valence-corrected chi connectivity index (χ2v) is 8.79. The molecular formula is C24H26FN5O3. The van der Waals surface area contributed by atoms with Crippen molar-refractivity contribution < 1.29 is 19.0 Å². The maximum absolute atomic E-state index is 13.6. The maximum atomic E-state index is 13.6. The molecule has 2 aromatic heterocycles. The zero-order valence-corrected chi connectivity index (χ0v) is 18.8. The number of aromatic nitrogens is 3. The van der Waals surface area contributed by atoms with E-state index in [0.29, 0.717) is 54.6 Å². The van der Waals surface area contributed by atoms with Gasteiger partial charge >= 0.3 is 6.09 Å². The molecule has 0 aliphatic carbocycles. The minimum absolute atomic E-state index is 0.0328. The summed E-state index contributed by atoms with van der Waals surface area (Å²) < 4.78 is 19.1. The number of hydrogen-bond donors (Lipinski definition) is 1. The van der Waals surface area contributed by atoms with E-state index in [9.17, 15) is 14.3 Å². The van der Waals surface area contributed by atoms with Crippen LogP contribution < -0.4 is 4.90 Å². The Morgan fingerprint density at radius 2 is 1.82 bits per heavy atom. The van der Waals surface area contributed by atoms with E-state index in [1.54, 1.807) is 35.4 Å². The Morgan fingerprint density at radius 1 is 1.06 bits per heavy atom. The minimum atomic E-state index is -0.539. The molecule has 1 aromatic carbocycles. The Labute approximate surface area is 191 Å². The average molecular weight is 452 g/mol. The van der Waals surface area contributed by atoms with E-state index in [-0.39, 0.29) is 17.7 Å². The fraction of sp³-hybridized carbons (Fsp3) is 0.333. The number of halogens is 1. The summed E-state index contributed by atoms with van der Waals surface area (Å²) in [5.74, 6) is 0.105. The van der Waals surface area contributed by atoms with Gasteiger partial charge in [-0.3, -0.25) is 4.98 Å². The Bertz CT molecular complexity index is 1160. The number of pyridine rings is 1. The van der Waals surface area contributed by atoms with Crippen molar-refractivity contribution in [3.05, 3.63) is 54.6 Å². The summed E-state index contributed by atoms with van der Waals surface area (Å²) in [6.45, 7) is 7.62. The number of piperazine rings is 1. The summed E-state index contributed by atoms with van der Waals surface area (Å²) in [4.78, 5) is 29.2. The Kier molecular flexibility index (Phi) is 6.13. The van der Waals surface area contributed by atoms with Crippen molar-refractivity contribution in [3.63, 3.8) is 0 Å². The standard InChI is InChI=1S/C24H26FN5O3/c1-24(2,3)33-23(32)30-11-9-29(10-12-30)22-26-8-7-19(28-22)18-14-20(27-15-21(18)31)16-5-4-6-17(25)13-16/h4-8,13-15,31H,9-12H2,1-3H3. The van der Waals surface area contributed by atoms with Crippen molar-refractivity contribution in [1.29, 1.82) is 0 Å². The van der Waals surface area contributed by atoms with E-state index >= 15 is 0 Å². The third-order valence-corrected chi connectivity index (χ3v) is 5.14. The van der Waals surface area contributed by atoms with Crippen molar-refractivity contribution in [2.45, 2.75) is 26.4 Å². The summed E-state index contributed by atoms with van der Waals surface area (Å²) in [7, 11) is 0. The first kappa shape index (κ1) is 22.4. The Hall–Kier alpha value is -3.75. The predicted octanol–water partition coefficient (Wildman–Crippen LogP) is 4.11. The van der Waals surface area contributed by atoms with Gasteiger partial charge < -0.3 is 19.6 Å². The number of carbonyl (C=O) groups is 1. The number of amides is 1. The number of ether oxygens (including phenoxy) is 1. The summed E-state index contributed by atoms with van der Waals surface area (Å²) in [6.07, 6.45) is 2.62. The Morgan fingerprint density at radius 3 is 2.52 bits per heavy atom. The lowest BCUT2D eigenvalue weighted by atomic mass is 10.1. The van der Waals surface area contributed by atoms with Gasteiger partial charge in [0.2, 0.25) is 5.95 Å². The van der Waals surface area contributed by atoms with Crippen LogP contribution in [0.4, 0.5) is 15.1 Å². The number of rotatable bonds is 3. The van der Waals surface area contributed by atoms with Crippen LogP contribution in [0.1, 0.15) is 20.8 Å². The highest BCUT2D eigenvalue weighted by atomic mass is 19.1. The molecule has 33 heavy (non-hydrogen) atoms. The van der Waals surface area contributed by atoms with Gasteiger partial charge in [0.15, 0.2) is 0 Å². The molecule has 0 atom stereocenters. The number of anilines is 1. The van der Waals surface area contributed by atoms with Gasteiger partial charge in [-0.05, 0) is 45.0 Å². The molecule has 1 N–H and O–H groups in total. The van der Waals surface area contributed by atoms with Crippen LogP contribution in [-0.2, 0) is 4.74 Å². The summed E-state index contributed by atoms with van der Waals surface area (Å²) in [5.41, 5.74) is 1.58. The van der Waals surface area contributed by atoms with Gasteiger partial charge in [-0.1, -0.05) is 12.1 Å². The van der Waals surface area contributed by atoms with Gasteiger partial charge in [0.25, 0.3) is 0 Å². The number of carbonyl (C=O) groups excluding carboxylic acids is 1. The molecule has 3 heterocycles. The number of benzene rings is 1. The van der Waals surface area contributed by atoms with Crippen LogP contribution in [0.25, 0.3) is 22.5 Å². The lowest BCUT2D eigenvalue weighted by Gasteiger charge is -2.35. The fourth-order valence-electron chi connectivity index (χ4n) is 3.53. The molecule has 0 bridgehead atoms. The first-order valence-corrected chi connectivity index (χ1v) is 10.7. The van der Waals surface area contributed by atoms with E-state index in [1.807, 2.05) is 25.7 Å². The van der Waals surface area contributed by atoms with Crippen LogP contribution in [-0.4, -0.2) is 62.8 Å². The van der Waals surface area contributed by atoms with E-state index in [1.165, 1.54) is 18.3 Å². The number of hydrogen-bond acceptors (Lipinski definition) is 7. The Balaban J connectivity index is 1.52. The van der Waals surface area contributed by atoms with E-state index in [0.717, 1.165) is 0 Å². The SMILES string of the molecule is CC(C)(C)OC(=O)N1CCN(c2nccc(-c3cc(-c4cccc(F)c4)ncc3O)n2)CC1. The monoisotopic (exact) mass is 451 g/mol. The predicted molar refractivity (Wildman–Crippen MR) is 122 cm³/mol. The second-order valence-electron chi connectivity index (χ2n) is 8.79.